The van der Waals surface area contributed by atoms with Gasteiger partial charge < -0.3 is 4.74 Å². The van der Waals surface area contributed by atoms with Crippen LogP contribution in [0.5, 0.6) is 5.75 Å². The van der Waals surface area contributed by atoms with Crippen molar-refractivity contribution in [1.29, 1.82) is 0 Å². The fraction of sp³-hybridized carbons (Fsp3) is 0.231. The Hall–Kier alpha value is -1.90. The van der Waals surface area contributed by atoms with Gasteiger partial charge in [0.25, 0.3) is 0 Å². The number of hydrogen-bond acceptors (Lipinski definition) is 3. The predicted octanol–water partition coefficient (Wildman–Crippen LogP) is 2.77. The minimum absolute atomic E-state index is 0.832. The molecule has 0 atom stereocenters. The lowest BCUT2D eigenvalue weighted by Gasteiger charge is -2.08. The van der Waals surface area contributed by atoms with Gasteiger partial charge in [-0.2, -0.15) is 10.2 Å². The van der Waals surface area contributed by atoms with Crippen LogP contribution in [-0.2, 0) is 0 Å². The summed E-state index contributed by atoms with van der Waals surface area (Å²) in [5.41, 5.74) is 3.89. The second-order valence-corrected chi connectivity index (χ2v) is 3.76. The molecule has 1 aromatic heterocycles. The van der Waals surface area contributed by atoms with Crippen LogP contribution in [0, 0.1) is 13.8 Å². The summed E-state index contributed by atoms with van der Waals surface area (Å²) >= 11 is 0. The van der Waals surface area contributed by atoms with Gasteiger partial charge in [-0.25, -0.2) is 0 Å². The zero-order valence-corrected chi connectivity index (χ0v) is 9.69. The Labute approximate surface area is 95.1 Å². The zero-order chi connectivity index (χ0) is 11.5. The van der Waals surface area contributed by atoms with Crippen LogP contribution in [-0.4, -0.2) is 17.3 Å². The largest absolute Gasteiger partial charge is 0.496 e. The first-order chi connectivity index (χ1) is 7.70. The van der Waals surface area contributed by atoms with Gasteiger partial charge in [0.05, 0.1) is 18.5 Å². The number of nitrogens with zero attached hydrogens (tertiary/aromatic N) is 2. The van der Waals surface area contributed by atoms with Crippen LogP contribution >= 0.6 is 0 Å². The van der Waals surface area contributed by atoms with E-state index in [0.29, 0.717) is 0 Å². The quantitative estimate of drug-likeness (QED) is 0.771. The molecule has 0 fully saturated rings. The maximum Gasteiger partial charge on any atom is 0.128 e. The average molecular weight is 214 g/mol. The van der Waals surface area contributed by atoms with Crippen LogP contribution in [0.15, 0.2) is 30.3 Å². The van der Waals surface area contributed by atoms with E-state index in [-0.39, 0.29) is 0 Å². The van der Waals surface area contributed by atoms with Gasteiger partial charge in [0.2, 0.25) is 0 Å². The van der Waals surface area contributed by atoms with Gasteiger partial charge in [0.15, 0.2) is 0 Å². The highest BCUT2D eigenvalue weighted by Gasteiger charge is 2.07. The minimum Gasteiger partial charge on any atom is -0.496 e. The average Bonchev–Trinajstić information content (AvgIpc) is 2.30. The summed E-state index contributed by atoms with van der Waals surface area (Å²) in [4.78, 5) is 0. The van der Waals surface area contributed by atoms with Crippen molar-refractivity contribution in [3.63, 3.8) is 0 Å². The molecule has 1 aromatic carbocycles. The summed E-state index contributed by atoms with van der Waals surface area (Å²) in [7, 11) is 1.67. The van der Waals surface area contributed by atoms with E-state index >= 15 is 0 Å². The van der Waals surface area contributed by atoms with Gasteiger partial charge in [-0.3, -0.25) is 0 Å². The molecule has 3 nitrogen and oxygen atoms in total. The van der Waals surface area contributed by atoms with E-state index in [1.54, 1.807) is 7.11 Å². The third-order valence-electron chi connectivity index (χ3n) is 2.43. The van der Waals surface area contributed by atoms with Crippen molar-refractivity contribution in [2.24, 2.45) is 0 Å². The Morgan fingerprint density at radius 3 is 2.44 bits per heavy atom. The van der Waals surface area contributed by atoms with Crippen molar-refractivity contribution >= 4 is 0 Å². The SMILES string of the molecule is COc1cc(C)ccc1-c1ccc(C)nn1. The number of ether oxygens (including phenoxy) is 1. The molecule has 0 aliphatic heterocycles. The van der Waals surface area contributed by atoms with Gasteiger partial charge >= 0.3 is 0 Å². The van der Waals surface area contributed by atoms with E-state index < -0.39 is 0 Å². The lowest BCUT2D eigenvalue weighted by molar-refractivity contribution is 0.416. The van der Waals surface area contributed by atoms with Gasteiger partial charge in [-0.1, -0.05) is 6.07 Å². The first-order valence-electron chi connectivity index (χ1n) is 5.16. The van der Waals surface area contributed by atoms with Crippen molar-refractivity contribution in [2.45, 2.75) is 13.8 Å². The molecule has 0 saturated heterocycles. The second kappa shape index (κ2) is 4.31. The fourth-order valence-electron chi connectivity index (χ4n) is 1.55. The standard InChI is InChI=1S/C13H14N2O/c1-9-4-6-11(13(8-9)16-3)12-7-5-10(2)14-15-12/h4-8H,1-3H3. The first-order valence-corrected chi connectivity index (χ1v) is 5.16. The molecule has 16 heavy (non-hydrogen) atoms. The van der Waals surface area contributed by atoms with Crippen molar-refractivity contribution < 1.29 is 4.74 Å². The first kappa shape index (κ1) is 10.6. The topological polar surface area (TPSA) is 35.0 Å². The van der Waals surface area contributed by atoms with E-state index in [4.69, 9.17) is 4.74 Å². The summed E-state index contributed by atoms with van der Waals surface area (Å²) in [6, 6.07) is 9.95. The molecule has 0 aliphatic rings. The molecule has 0 bridgehead atoms. The summed E-state index contributed by atoms with van der Waals surface area (Å²) in [5.74, 6) is 0.832. The van der Waals surface area contributed by atoms with Crippen LogP contribution in [0.3, 0.4) is 0 Å². The molecule has 2 aromatic rings. The molecule has 0 amide bonds. The third-order valence-corrected chi connectivity index (χ3v) is 2.43. The molecule has 0 spiro atoms. The normalized spacial score (nSPS) is 10.2. The number of aromatic nitrogens is 2. The van der Waals surface area contributed by atoms with Crippen LogP contribution in [0.25, 0.3) is 11.3 Å². The van der Waals surface area contributed by atoms with E-state index in [9.17, 15) is 0 Å². The van der Waals surface area contributed by atoms with E-state index in [1.807, 2.05) is 44.2 Å². The summed E-state index contributed by atoms with van der Waals surface area (Å²) in [6.07, 6.45) is 0. The lowest BCUT2D eigenvalue weighted by Crippen LogP contribution is -1.93. The monoisotopic (exact) mass is 214 g/mol. The van der Waals surface area contributed by atoms with Crippen molar-refractivity contribution in [3.05, 3.63) is 41.6 Å². The maximum absolute atomic E-state index is 5.34. The molecular weight excluding hydrogens is 200 g/mol. The van der Waals surface area contributed by atoms with Crippen LogP contribution in [0.1, 0.15) is 11.3 Å². The molecule has 82 valence electrons. The molecule has 0 aliphatic carbocycles. The van der Waals surface area contributed by atoms with Gasteiger partial charge in [-0.05, 0) is 43.7 Å². The molecule has 0 unspecified atom stereocenters. The van der Waals surface area contributed by atoms with E-state index in [0.717, 1.165) is 22.7 Å². The van der Waals surface area contributed by atoms with Crippen molar-refractivity contribution in [1.82, 2.24) is 10.2 Å². The molecule has 1 heterocycles. The smallest absolute Gasteiger partial charge is 0.128 e. The third kappa shape index (κ3) is 2.03. The van der Waals surface area contributed by atoms with Gasteiger partial charge in [0.1, 0.15) is 5.75 Å². The number of methoxy groups -OCH3 is 1. The van der Waals surface area contributed by atoms with Crippen molar-refractivity contribution in [3.8, 4) is 17.0 Å². The van der Waals surface area contributed by atoms with Crippen molar-refractivity contribution in [2.75, 3.05) is 7.11 Å². The lowest BCUT2D eigenvalue weighted by atomic mass is 10.1. The molecule has 0 radical (unpaired) electrons. The highest BCUT2D eigenvalue weighted by Crippen LogP contribution is 2.28. The van der Waals surface area contributed by atoms with Crippen LogP contribution in [0.4, 0.5) is 0 Å². The highest BCUT2D eigenvalue weighted by molar-refractivity contribution is 5.67. The Kier molecular flexibility index (Phi) is 2.86. The molecular formula is C13H14N2O. The predicted molar refractivity (Wildman–Crippen MR) is 63.5 cm³/mol. The molecule has 0 saturated carbocycles. The molecule has 2 rings (SSSR count). The van der Waals surface area contributed by atoms with Gasteiger partial charge in [-0.15, -0.1) is 0 Å². The second-order valence-electron chi connectivity index (χ2n) is 3.76. The summed E-state index contributed by atoms with van der Waals surface area (Å²) in [5, 5.41) is 8.20. The summed E-state index contributed by atoms with van der Waals surface area (Å²) < 4.78 is 5.34. The number of aryl methyl sites for hydroxylation is 2. The zero-order valence-electron chi connectivity index (χ0n) is 9.69. The van der Waals surface area contributed by atoms with E-state index in [1.165, 1.54) is 5.56 Å². The number of benzene rings is 1. The Balaban J connectivity index is 2.51. The number of rotatable bonds is 2. The maximum atomic E-state index is 5.34. The number of hydrogen-bond donors (Lipinski definition) is 0. The van der Waals surface area contributed by atoms with E-state index in [2.05, 4.69) is 10.2 Å². The Morgan fingerprint density at radius 1 is 1.00 bits per heavy atom. The van der Waals surface area contributed by atoms with Crippen LogP contribution in [0.2, 0.25) is 0 Å². The molecule has 3 heteroatoms. The fourth-order valence-corrected chi connectivity index (χ4v) is 1.55. The highest BCUT2D eigenvalue weighted by atomic mass is 16.5. The minimum atomic E-state index is 0.832. The van der Waals surface area contributed by atoms with Crippen LogP contribution < -0.4 is 4.74 Å². The Bertz CT molecular complexity index is 492. The summed E-state index contributed by atoms with van der Waals surface area (Å²) in [6.45, 7) is 3.95. The van der Waals surface area contributed by atoms with Gasteiger partial charge in [0, 0.05) is 5.56 Å². The Morgan fingerprint density at radius 2 is 1.81 bits per heavy atom. The molecule has 0 N–H and O–H groups in total.